The largest absolute Gasteiger partial charge is 0.385 e. The number of piperidine rings is 1. The van der Waals surface area contributed by atoms with Gasteiger partial charge in [0, 0.05) is 29.8 Å². The second-order valence-corrected chi connectivity index (χ2v) is 7.08. The predicted octanol–water partition coefficient (Wildman–Crippen LogP) is 3.92. The fourth-order valence-electron chi connectivity index (χ4n) is 2.95. The molecule has 128 valence electrons. The number of rotatable bonds is 8. The number of halogens is 1. The van der Waals surface area contributed by atoms with Crippen molar-refractivity contribution in [2.75, 3.05) is 38.7 Å². The van der Waals surface area contributed by atoms with Gasteiger partial charge < -0.3 is 15.0 Å². The number of hydrogen-bond acceptors (Lipinski definition) is 3. The molecule has 0 aromatic heterocycles. The maximum absolute atomic E-state index is 12.3. The molecule has 5 heteroatoms. The standard InChI is InChI=1S/C18H27BrN2O2/c1-23-14-4-2-3-11-21-12-9-15(10-13-21)18(22)20-17-7-5-16(19)6-8-17/h5-8,15H,2-4,9-14H2,1H3,(H,20,22). The molecule has 1 aliphatic rings. The Kier molecular flexibility index (Phi) is 8.06. The van der Waals surface area contributed by atoms with Crippen molar-refractivity contribution in [3.8, 4) is 0 Å². The summed E-state index contributed by atoms with van der Waals surface area (Å²) in [5.74, 6) is 0.301. The SMILES string of the molecule is COCCCCCN1CCC(C(=O)Nc2ccc(Br)cc2)CC1. The number of benzene rings is 1. The summed E-state index contributed by atoms with van der Waals surface area (Å²) in [5, 5.41) is 3.03. The Morgan fingerprint density at radius 3 is 2.57 bits per heavy atom. The molecule has 2 rings (SSSR count). The lowest BCUT2D eigenvalue weighted by atomic mass is 9.95. The highest BCUT2D eigenvalue weighted by atomic mass is 79.9. The molecule has 0 unspecified atom stereocenters. The zero-order chi connectivity index (χ0) is 16.5. The molecule has 0 saturated carbocycles. The molecule has 1 fully saturated rings. The summed E-state index contributed by atoms with van der Waals surface area (Å²) in [5.41, 5.74) is 0.874. The highest BCUT2D eigenvalue weighted by molar-refractivity contribution is 9.10. The number of hydrogen-bond donors (Lipinski definition) is 1. The number of carbonyl (C=O) groups excluding carboxylic acids is 1. The van der Waals surface area contributed by atoms with E-state index in [0.717, 1.165) is 55.7 Å². The minimum atomic E-state index is 0.142. The molecule has 23 heavy (non-hydrogen) atoms. The van der Waals surface area contributed by atoms with Crippen molar-refractivity contribution >= 4 is 27.5 Å². The van der Waals surface area contributed by atoms with Crippen LogP contribution in [0.1, 0.15) is 32.1 Å². The zero-order valence-corrected chi connectivity index (χ0v) is 15.5. The number of likely N-dealkylation sites (tertiary alicyclic amines) is 1. The molecule has 0 bridgehead atoms. The number of carbonyl (C=O) groups is 1. The number of amides is 1. The van der Waals surface area contributed by atoms with Gasteiger partial charge in [-0.05, 0) is 76.0 Å². The third kappa shape index (κ3) is 6.61. The van der Waals surface area contributed by atoms with Crippen molar-refractivity contribution in [2.24, 2.45) is 5.92 Å². The van der Waals surface area contributed by atoms with Gasteiger partial charge in [-0.1, -0.05) is 15.9 Å². The maximum atomic E-state index is 12.3. The van der Waals surface area contributed by atoms with Gasteiger partial charge in [0.15, 0.2) is 0 Å². The van der Waals surface area contributed by atoms with E-state index in [-0.39, 0.29) is 11.8 Å². The number of unbranched alkanes of at least 4 members (excludes halogenated alkanes) is 2. The first-order valence-electron chi connectivity index (χ1n) is 8.47. The third-order valence-electron chi connectivity index (χ3n) is 4.39. The van der Waals surface area contributed by atoms with E-state index < -0.39 is 0 Å². The van der Waals surface area contributed by atoms with Crippen molar-refractivity contribution in [3.05, 3.63) is 28.7 Å². The Hall–Kier alpha value is -0.910. The molecule has 1 amide bonds. The lowest BCUT2D eigenvalue weighted by Gasteiger charge is -2.31. The Morgan fingerprint density at radius 2 is 1.91 bits per heavy atom. The Balaban J connectivity index is 1.65. The van der Waals surface area contributed by atoms with Crippen LogP contribution in [-0.4, -0.2) is 44.2 Å². The highest BCUT2D eigenvalue weighted by Crippen LogP contribution is 2.21. The van der Waals surface area contributed by atoms with E-state index in [9.17, 15) is 4.79 Å². The fourth-order valence-corrected chi connectivity index (χ4v) is 3.22. The van der Waals surface area contributed by atoms with Crippen LogP contribution in [0.4, 0.5) is 5.69 Å². The van der Waals surface area contributed by atoms with Gasteiger partial charge in [-0.25, -0.2) is 0 Å². The molecule has 1 aromatic rings. The molecule has 1 aliphatic heterocycles. The van der Waals surface area contributed by atoms with Crippen LogP contribution in [0.3, 0.4) is 0 Å². The van der Waals surface area contributed by atoms with E-state index in [4.69, 9.17) is 4.74 Å². The van der Waals surface area contributed by atoms with Crippen molar-refractivity contribution in [1.82, 2.24) is 4.90 Å². The monoisotopic (exact) mass is 382 g/mol. The molecule has 0 spiro atoms. The van der Waals surface area contributed by atoms with Gasteiger partial charge in [0.05, 0.1) is 0 Å². The summed E-state index contributed by atoms with van der Waals surface area (Å²) in [4.78, 5) is 14.8. The van der Waals surface area contributed by atoms with Crippen LogP contribution in [0.2, 0.25) is 0 Å². The van der Waals surface area contributed by atoms with Crippen LogP contribution in [0, 0.1) is 5.92 Å². The highest BCUT2D eigenvalue weighted by Gasteiger charge is 2.24. The van der Waals surface area contributed by atoms with Crippen LogP contribution < -0.4 is 5.32 Å². The predicted molar refractivity (Wildman–Crippen MR) is 97.7 cm³/mol. The first-order chi connectivity index (χ1) is 11.2. The van der Waals surface area contributed by atoms with Gasteiger partial charge in [-0.3, -0.25) is 4.79 Å². The summed E-state index contributed by atoms with van der Waals surface area (Å²) < 4.78 is 6.09. The van der Waals surface area contributed by atoms with Gasteiger partial charge in [0.1, 0.15) is 0 Å². The van der Waals surface area contributed by atoms with Gasteiger partial charge in [0.25, 0.3) is 0 Å². The molecule has 1 aromatic carbocycles. The minimum absolute atomic E-state index is 0.142. The first kappa shape index (κ1) is 18.4. The van der Waals surface area contributed by atoms with E-state index in [0.29, 0.717) is 0 Å². The summed E-state index contributed by atoms with van der Waals surface area (Å²) >= 11 is 3.40. The summed E-state index contributed by atoms with van der Waals surface area (Å²) in [7, 11) is 1.75. The Labute approximate surface area is 147 Å². The summed E-state index contributed by atoms with van der Waals surface area (Å²) in [6, 6.07) is 7.75. The molecule has 0 aliphatic carbocycles. The molecular formula is C18H27BrN2O2. The van der Waals surface area contributed by atoms with Crippen LogP contribution in [0.25, 0.3) is 0 Å². The number of ether oxygens (including phenoxy) is 1. The zero-order valence-electron chi connectivity index (χ0n) is 13.9. The van der Waals surface area contributed by atoms with Crippen LogP contribution in [-0.2, 0) is 9.53 Å². The normalized spacial score (nSPS) is 16.4. The van der Waals surface area contributed by atoms with Gasteiger partial charge in [0.2, 0.25) is 5.91 Å². The van der Waals surface area contributed by atoms with E-state index in [1.54, 1.807) is 7.11 Å². The third-order valence-corrected chi connectivity index (χ3v) is 4.92. The number of anilines is 1. The summed E-state index contributed by atoms with van der Waals surface area (Å²) in [6.45, 7) is 4.06. The first-order valence-corrected chi connectivity index (χ1v) is 9.26. The van der Waals surface area contributed by atoms with E-state index in [1.165, 1.54) is 12.8 Å². The molecule has 4 nitrogen and oxygen atoms in total. The summed E-state index contributed by atoms with van der Waals surface area (Å²) in [6.07, 6.45) is 5.50. The fraction of sp³-hybridized carbons (Fsp3) is 0.611. The minimum Gasteiger partial charge on any atom is -0.385 e. The second-order valence-electron chi connectivity index (χ2n) is 6.17. The average Bonchev–Trinajstić information content (AvgIpc) is 2.57. The molecule has 0 atom stereocenters. The van der Waals surface area contributed by atoms with Crippen LogP contribution in [0.5, 0.6) is 0 Å². The van der Waals surface area contributed by atoms with Crippen molar-refractivity contribution in [3.63, 3.8) is 0 Å². The topological polar surface area (TPSA) is 41.6 Å². The van der Waals surface area contributed by atoms with E-state index >= 15 is 0 Å². The van der Waals surface area contributed by atoms with Gasteiger partial charge in [-0.2, -0.15) is 0 Å². The average molecular weight is 383 g/mol. The van der Waals surface area contributed by atoms with Crippen molar-refractivity contribution < 1.29 is 9.53 Å². The lowest BCUT2D eigenvalue weighted by molar-refractivity contribution is -0.121. The van der Waals surface area contributed by atoms with E-state index in [1.807, 2.05) is 24.3 Å². The lowest BCUT2D eigenvalue weighted by Crippen LogP contribution is -2.38. The smallest absolute Gasteiger partial charge is 0.227 e. The molecule has 1 heterocycles. The molecule has 1 saturated heterocycles. The maximum Gasteiger partial charge on any atom is 0.227 e. The quantitative estimate of drug-likeness (QED) is 0.692. The Morgan fingerprint density at radius 1 is 1.22 bits per heavy atom. The number of nitrogens with one attached hydrogen (secondary N) is 1. The molecular weight excluding hydrogens is 356 g/mol. The Bertz CT molecular complexity index is 470. The molecule has 1 N–H and O–H groups in total. The number of methoxy groups -OCH3 is 1. The number of nitrogens with zero attached hydrogens (tertiary/aromatic N) is 1. The van der Waals surface area contributed by atoms with Crippen molar-refractivity contribution in [1.29, 1.82) is 0 Å². The van der Waals surface area contributed by atoms with Gasteiger partial charge >= 0.3 is 0 Å². The van der Waals surface area contributed by atoms with E-state index in [2.05, 4.69) is 26.1 Å². The van der Waals surface area contributed by atoms with Crippen LogP contribution in [0.15, 0.2) is 28.7 Å². The van der Waals surface area contributed by atoms with Crippen LogP contribution >= 0.6 is 15.9 Å². The van der Waals surface area contributed by atoms with Gasteiger partial charge in [-0.15, -0.1) is 0 Å². The van der Waals surface area contributed by atoms with Crippen molar-refractivity contribution in [2.45, 2.75) is 32.1 Å². The molecule has 0 radical (unpaired) electrons. The second kappa shape index (κ2) is 10.1.